The van der Waals surface area contributed by atoms with Crippen molar-refractivity contribution in [3.8, 4) is 11.8 Å². The predicted octanol–water partition coefficient (Wildman–Crippen LogP) is 2.54. The highest BCUT2D eigenvalue weighted by molar-refractivity contribution is 7.92. The molecule has 2 atom stereocenters. The molecular formula is C23H20F6N6O4S. The van der Waals surface area contributed by atoms with Crippen LogP contribution in [0.1, 0.15) is 37.7 Å². The number of hydrogen-bond donors (Lipinski definition) is 1. The molecule has 0 radical (unpaired) electrons. The number of rotatable bonds is 6. The van der Waals surface area contributed by atoms with E-state index >= 15 is 0 Å². The monoisotopic (exact) mass is 590 g/mol. The van der Waals surface area contributed by atoms with E-state index in [9.17, 15) is 49.6 Å². The maximum absolute atomic E-state index is 14.2. The van der Waals surface area contributed by atoms with Gasteiger partial charge in [-0.2, -0.15) is 31.6 Å². The van der Waals surface area contributed by atoms with Crippen molar-refractivity contribution in [2.24, 2.45) is 5.41 Å². The minimum Gasteiger partial charge on any atom is -0.336 e. The molecule has 3 aliphatic rings. The van der Waals surface area contributed by atoms with Crippen molar-refractivity contribution in [1.29, 1.82) is 5.26 Å². The molecule has 214 valence electrons. The minimum absolute atomic E-state index is 0.244. The molecule has 1 saturated heterocycles. The van der Waals surface area contributed by atoms with Crippen molar-refractivity contribution >= 4 is 21.7 Å². The van der Waals surface area contributed by atoms with Crippen LogP contribution in [-0.4, -0.2) is 69.7 Å². The highest BCUT2D eigenvalue weighted by atomic mass is 32.2. The Labute approximate surface area is 222 Å². The van der Waals surface area contributed by atoms with Crippen LogP contribution < -0.4 is 5.32 Å². The number of carbonyl (C=O) groups is 2. The number of benzene rings is 1. The molecule has 3 fully saturated rings. The fourth-order valence-corrected chi connectivity index (χ4v) is 6.90. The van der Waals surface area contributed by atoms with E-state index < -0.39 is 98.2 Å². The zero-order valence-corrected chi connectivity index (χ0v) is 21.1. The number of alkyl halides is 6. The van der Waals surface area contributed by atoms with E-state index in [1.165, 1.54) is 0 Å². The molecule has 10 nitrogen and oxygen atoms in total. The van der Waals surface area contributed by atoms with Crippen LogP contribution in [0, 0.1) is 16.7 Å². The molecule has 1 aromatic carbocycles. The lowest BCUT2D eigenvalue weighted by Crippen LogP contribution is -2.53. The van der Waals surface area contributed by atoms with Gasteiger partial charge in [-0.15, -0.1) is 5.10 Å². The summed E-state index contributed by atoms with van der Waals surface area (Å²) in [5, 5.41) is 16.7. The molecule has 5 rings (SSSR count). The number of sulfone groups is 1. The Hall–Kier alpha value is -3.68. The van der Waals surface area contributed by atoms with Gasteiger partial charge in [0.15, 0.2) is 9.84 Å². The molecular weight excluding hydrogens is 570 g/mol. The third kappa shape index (κ3) is 4.47. The summed E-state index contributed by atoms with van der Waals surface area (Å²) in [5.41, 5.74) is -6.34. The van der Waals surface area contributed by atoms with E-state index in [1.54, 1.807) is 0 Å². The zero-order chi connectivity index (χ0) is 29.3. The van der Waals surface area contributed by atoms with Crippen molar-refractivity contribution in [3.05, 3.63) is 36.2 Å². The SMILES string of the molecule is N#CC1(NC(=O)[C@@H]2C[C@@H](S(=O)(=O)c3cccc(-n4ccnn4)c3C(F)(F)F)CN2C(=O)C2(C(F)(F)F)CC2)CC1. The molecule has 1 aliphatic heterocycles. The molecule has 1 aromatic heterocycles. The quantitative estimate of drug-likeness (QED) is 0.511. The molecule has 0 unspecified atom stereocenters. The summed E-state index contributed by atoms with van der Waals surface area (Å²) < 4.78 is 112. The second-order valence-electron chi connectivity index (χ2n) is 10.1. The number of carbonyl (C=O) groups excluding carboxylic acids is 2. The van der Waals surface area contributed by atoms with Gasteiger partial charge in [0.2, 0.25) is 11.8 Å². The van der Waals surface area contributed by atoms with Crippen LogP contribution in [0.2, 0.25) is 0 Å². The Morgan fingerprint density at radius 2 is 1.77 bits per heavy atom. The normalized spacial score (nSPS) is 23.4. The van der Waals surface area contributed by atoms with Gasteiger partial charge in [0.05, 0.1) is 39.9 Å². The van der Waals surface area contributed by atoms with Gasteiger partial charge in [0.25, 0.3) is 0 Å². The second kappa shape index (κ2) is 8.91. The number of likely N-dealkylation sites (tertiary alicyclic amines) is 1. The molecule has 0 spiro atoms. The molecule has 2 amide bonds. The molecule has 40 heavy (non-hydrogen) atoms. The van der Waals surface area contributed by atoms with E-state index in [2.05, 4.69) is 15.6 Å². The van der Waals surface area contributed by atoms with Gasteiger partial charge >= 0.3 is 12.4 Å². The van der Waals surface area contributed by atoms with Gasteiger partial charge in [-0.1, -0.05) is 11.3 Å². The highest BCUT2D eigenvalue weighted by Crippen LogP contribution is 2.59. The van der Waals surface area contributed by atoms with Crippen LogP contribution in [0.25, 0.3) is 5.69 Å². The summed E-state index contributed by atoms with van der Waals surface area (Å²) in [4.78, 5) is 25.5. The summed E-state index contributed by atoms with van der Waals surface area (Å²) >= 11 is 0. The fraction of sp³-hybridized carbons (Fsp3) is 0.522. The highest BCUT2D eigenvalue weighted by Gasteiger charge is 2.70. The molecule has 0 bridgehead atoms. The predicted molar refractivity (Wildman–Crippen MR) is 121 cm³/mol. The van der Waals surface area contributed by atoms with Gasteiger partial charge < -0.3 is 10.2 Å². The Kier molecular flexibility index (Phi) is 6.21. The van der Waals surface area contributed by atoms with Crippen LogP contribution in [0.4, 0.5) is 26.3 Å². The average molecular weight is 591 g/mol. The Balaban J connectivity index is 1.55. The van der Waals surface area contributed by atoms with Crippen LogP contribution in [0.15, 0.2) is 35.5 Å². The first kappa shape index (κ1) is 27.9. The molecule has 2 saturated carbocycles. The van der Waals surface area contributed by atoms with Gasteiger partial charge in [-0.25, -0.2) is 13.1 Å². The lowest BCUT2D eigenvalue weighted by molar-refractivity contribution is -0.199. The Morgan fingerprint density at radius 1 is 1.10 bits per heavy atom. The smallest absolute Gasteiger partial charge is 0.336 e. The number of aromatic nitrogens is 3. The van der Waals surface area contributed by atoms with Crippen molar-refractivity contribution in [2.45, 2.75) is 66.2 Å². The molecule has 17 heteroatoms. The number of hydrogen-bond acceptors (Lipinski definition) is 7. The standard InChI is InChI=1S/C23H20F6N6O4S/c24-22(25,26)17-14(35-9-8-31-33-35)2-1-3-16(17)40(38,39)13-10-15(18(36)32-20(12-30)4-5-20)34(11-13)19(37)21(6-7-21)23(27,28)29/h1-3,8-9,13,15H,4-7,10-11H2,(H,32,36)/t13-,15+/m1/s1. The van der Waals surface area contributed by atoms with Gasteiger partial charge in [-0.05, 0) is 44.2 Å². The minimum atomic E-state index is -5.21. The molecule has 2 aromatic rings. The summed E-state index contributed by atoms with van der Waals surface area (Å²) in [6.45, 7) is -0.943. The van der Waals surface area contributed by atoms with Crippen LogP contribution in [0.5, 0.6) is 0 Å². The third-order valence-electron chi connectivity index (χ3n) is 7.56. The summed E-state index contributed by atoms with van der Waals surface area (Å²) in [5.74, 6) is -2.57. The van der Waals surface area contributed by atoms with Gasteiger partial charge in [0.1, 0.15) is 17.0 Å². The van der Waals surface area contributed by atoms with Crippen LogP contribution >= 0.6 is 0 Å². The van der Waals surface area contributed by atoms with Crippen molar-refractivity contribution < 1.29 is 44.3 Å². The van der Waals surface area contributed by atoms with E-state index in [4.69, 9.17) is 0 Å². The average Bonchev–Trinajstić information content (AvgIpc) is 3.73. The summed E-state index contributed by atoms with van der Waals surface area (Å²) in [6.07, 6.45) is -9.48. The van der Waals surface area contributed by atoms with Crippen molar-refractivity contribution in [1.82, 2.24) is 25.2 Å². The summed E-state index contributed by atoms with van der Waals surface area (Å²) in [7, 11) is -4.99. The number of nitrogens with zero attached hydrogens (tertiary/aromatic N) is 5. The van der Waals surface area contributed by atoms with E-state index in [0.717, 1.165) is 24.5 Å². The molecule has 1 N–H and O–H groups in total. The Morgan fingerprint density at radius 3 is 2.27 bits per heavy atom. The Bertz CT molecular complexity index is 1510. The number of amides is 2. The van der Waals surface area contributed by atoms with E-state index in [0.29, 0.717) is 15.6 Å². The van der Waals surface area contributed by atoms with Crippen LogP contribution in [0.3, 0.4) is 0 Å². The second-order valence-corrected chi connectivity index (χ2v) is 12.3. The van der Waals surface area contributed by atoms with Crippen molar-refractivity contribution in [3.63, 3.8) is 0 Å². The number of nitriles is 1. The largest absolute Gasteiger partial charge is 0.419 e. The number of nitrogens with one attached hydrogen (secondary N) is 1. The van der Waals surface area contributed by atoms with Gasteiger partial charge in [-0.3, -0.25) is 9.59 Å². The first-order chi connectivity index (χ1) is 18.6. The molecule has 2 aliphatic carbocycles. The van der Waals surface area contributed by atoms with Crippen LogP contribution in [-0.2, 0) is 25.6 Å². The first-order valence-corrected chi connectivity index (χ1v) is 13.5. The maximum Gasteiger partial charge on any atom is 0.419 e. The molecule has 2 heterocycles. The summed E-state index contributed by atoms with van der Waals surface area (Å²) in [6, 6.07) is 2.81. The maximum atomic E-state index is 14.2. The fourth-order valence-electron chi connectivity index (χ4n) is 4.97. The topological polar surface area (TPSA) is 138 Å². The lowest BCUT2D eigenvalue weighted by atomic mass is 10.0. The number of halogens is 6. The third-order valence-corrected chi connectivity index (χ3v) is 9.73. The van der Waals surface area contributed by atoms with E-state index in [-0.39, 0.29) is 12.8 Å². The zero-order valence-electron chi connectivity index (χ0n) is 20.3. The van der Waals surface area contributed by atoms with E-state index in [1.807, 2.05) is 6.07 Å². The van der Waals surface area contributed by atoms with Gasteiger partial charge in [0, 0.05) is 6.54 Å². The van der Waals surface area contributed by atoms with Crippen molar-refractivity contribution in [2.75, 3.05) is 6.54 Å². The first-order valence-electron chi connectivity index (χ1n) is 12.0. The lowest BCUT2D eigenvalue weighted by Gasteiger charge is -2.29.